The molecule has 0 bridgehead atoms. The van der Waals surface area contributed by atoms with Gasteiger partial charge >= 0.3 is 6.03 Å². The fraction of sp³-hybridized carbons (Fsp3) is 0.100. The summed E-state index contributed by atoms with van der Waals surface area (Å²) in [6, 6.07) is 13.9. The molecule has 3 heterocycles. The first-order valence-electron chi connectivity index (χ1n) is 9.03. The van der Waals surface area contributed by atoms with Crippen LogP contribution in [0.2, 0.25) is 0 Å². The van der Waals surface area contributed by atoms with Crippen LogP contribution >= 0.6 is 15.9 Å². The van der Waals surface area contributed by atoms with Gasteiger partial charge in [-0.15, -0.1) is 0 Å². The van der Waals surface area contributed by atoms with E-state index in [1.165, 1.54) is 6.33 Å². The summed E-state index contributed by atoms with van der Waals surface area (Å²) in [4.78, 5) is 20.4. The summed E-state index contributed by atoms with van der Waals surface area (Å²) in [6.07, 6.45) is 0.626. The summed E-state index contributed by atoms with van der Waals surface area (Å²) in [5.74, 6) is 0.745. The minimum Gasteiger partial charge on any atom is -0.387 e. The normalized spacial score (nSPS) is 12.0. The van der Waals surface area contributed by atoms with Crippen molar-refractivity contribution in [3.05, 3.63) is 65.2 Å². The first-order chi connectivity index (χ1) is 14.4. The van der Waals surface area contributed by atoms with Crippen molar-refractivity contribution < 1.29 is 9.90 Å². The molecule has 30 heavy (non-hydrogen) atoms. The predicted octanol–water partition coefficient (Wildman–Crippen LogP) is 3.83. The summed E-state index contributed by atoms with van der Waals surface area (Å²) in [7, 11) is 0. The van der Waals surface area contributed by atoms with E-state index in [-0.39, 0.29) is 0 Å². The van der Waals surface area contributed by atoms with Crippen LogP contribution in [-0.2, 0) is 0 Å². The van der Waals surface area contributed by atoms with Gasteiger partial charge in [-0.25, -0.2) is 19.3 Å². The number of aliphatic hydroxyl groups is 1. The van der Waals surface area contributed by atoms with Crippen molar-refractivity contribution in [1.82, 2.24) is 19.6 Å². The van der Waals surface area contributed by atoms with Gasteiger partial charge in [0.15, 0.2) is 5.82 Å². The molecule has 0 aliphatic heterocycles. The number of pyridine rings is 1. The molecule has 5 N–H and O–H groups in total. The molecule has 3 aromatic heterocycles. The molecular formula is C20H18BrN7O2. The molecule has 10 heteroatoms. The number of aromatic nitrogens is 4. The number of aliphatic hydroxyl groups excluding tert-OH is 1. The third kappa shape index (κ3) is 3.95. The maximum absolute atomic E-state index is 12.2. The molecule has 1 unspecified atom stereocenters. The highest BCUT2D eigenvalue weighted by Gasteiger charge is 2.17. The second kappa shape index (κ2) is 8.09. The van der Waals surface area contributed by atoms with E-state index in [2.05, 4.69) is 41.6 Å². The van der Waals surface area contributed by atoms with Gasteiger partial charge in [-0.1, -0.05) is 18.2 Å². The molecule has 0 radical (unpaired) electrons. The van der Waals surface area contributed by atoms with Gasteiger partial charge in [0.25, 0.3) is 0 Å². The Balaban J connectivity index is 1.58. The van der Waals surface area contributed by atoms with Gasteiger partial charge in [0.1, 0.15) is 22.3 Å². The Morgan fingerprint density at radius 3 is 2.67 bits per heavy atom. The first-order valence-corrected chi connectivity index (χ1v) is 9.83. The minimum absolute atomic E-state index is 0.315. The quantitative estimate of drug-likeness (QED) is 0.337. The fourth-order valence-corrected chi connectivity index (χ4v) is 3.44. The van der Waals surface area contributed by atoms with Gasteiger partial charge in [-0.05, 0) is 58.7 Å². The van der Waals surface area contributed by atoms with Crippen molar-refractivity contribution in [1.29, 1.82) is 0 Å². The topological polar surface area (TPSA) is 130 Å². The van der Waals surface area contributed by atoms with Crippen molar-refractivity contribution in [2.75, 3.05) is 16.4 Å². The number of carbonyl (C=O) groups is 1. The van der Waals surface area contributed by atoms with Gasteiger partial charge in [-0.2, -0.15) is 5.10 Å². The van der Waals surface area contributed by atoms with Gasteiger partial charge in [0, 0.05) is 11.3 Å². The monoisotopic (exact) mass is 467 g/mol. The zero-order chi connectivity index (χ0) is 21.3. The highest BCUT2D eigenvalue weighted by molar-refractivity contribution is 9.10. The lowest BCUT2D eigenvalue weighted by molar-refractivity contribution is 0.192. The number of fused-ring (bicyclic) bond motifs is 1. The van der Waals surface area contributed by atoms with Crippen LogP contribution in [0.4, 0.5) is 22.1 Å². The molecule has 0 saturated carbocycles. The molecule has 0 saturated heterocycles. The number of nitrogens with two attached hydrogens (primary N) is 1. The third-order valence-corrected chi connectivity index (χ3v) is 4.89. The van der Waals surface area contributed by atoms with Crippen LogP contribution in [0.1, 0.15) is 18.7 Å². The fourth-order valence-electron chi connectivity index (χ4n) is 3.10. The predicted molar refractivity (Wildman–Crippen MR) is 118 cm³/mol. The lowest BCUT2D eigenvalue weighted by atomic mass is 10.1. The molecule has 4 aromatic rings. The van der Waals surface area contributed by atoms with Crippen molar-refractivity contribution >= 4 is 44.8 Å². The molecule has 9 nitrogen and oxygen atoms in total. The number of amides is 2. The highest BCUT2D eigenvalue weighted by Crippen LogP contribution is 2.33. The van der Waals surface area contributed by atoms with Crippen LogP contribution in [-0.4, -0.2) is 30.7 Å². The second-order valence-electron chi connectivity index (χ2n) is 6.57. The standard InChI is InChI=1S/C20H18BrN7O2/c1-11(29)15-9-14(18-19(22)23-10-24-28(15)18)12-5-7-13(8-6-12)25-20(30)27-17-4-2-3-16(21)26-17/h2-11,29H,1H3,(H2,22,23,24)(H2,25,26,27,30). The van der Waals surface area contributed by atoms with Gasteiger partial charge in [0.2, 0.25) is 0 Å². The Morgan fingerprint density at radius 1 is 1.20 bits per heavy atom. The maximum Gasteiger partial charge on any atom is 0.324 e. The zero-order valence-electron chi connectivity index (χ0n) is 15.9. The molecule has 0 spiro atoms. The molecule has 0 aliphatic rings. The Labute approximate surface area is 180 Å². The molecule has 152 valence electrons. The van der Waals surface area contributed by atoms with E-state index >= 15 is 0 Å². The van der Waals surface area contributed by atoms with Crippen LogP contribution in [0.5, 0.6) is 0 Å². The molecule has 1 aromatic carbocycles. The van der Waals surface area contributed by atoms with E-state index in [4.69, 9.17) is 5.73 Å². The van der Waals surface area contributed by atoms with Crippen molar-refractivity contribution in [2.45, 2.75) is 13.0 Å². The SMILES string of the molecule is CC(O)c1cc(-c2ccc(NC(=O)Nc3cccc(Br)n3)cc2)c2c(N)ncnn12. The van der Waals surface area contributed by atoms with Crippen molar-refractivity contribution in [2.24, 2.45) is 0 Å². The molecular weight excluding hydrogens is 450 g/mol. The Kier molecular flexibility index (Phi) is 5.34. The van der Waals surface area contributed by atoms with E-state index in [9.17, 15) is 9.90 Å². The largest absolute Gasteiger partial charge is 0.387 e. The number of rotatable bonds is 4. The Hall–Kier alpha value is -3.50. The molecule has 0 fully saturated rings. The smallest absolute Gasteiger partial charge is 0.324 e. The number of halogens is 1. The summed E-state index contributed by atoms with van der Waals surface area (Å²) < 4.78 is 2.22. The average molecular weight is 468 g/mol. The highest BCUT2D eigenvalue weighted by atomic mass is 79.9. The molecule has 1 atom stereocenters. The average Bonchev–Trinajstić information content (AvgIpc) is 3.10. The number of anilines is 3. The minimum atomic E-state index is -0.725. The second-order valence-corrected chi connectivity index (χ2v) is 7.38. The summed E-state index contributed by atoms with van der Waals surface area (Å²) in [6.45, 7) is 1.66. The van der Waals surface area contributed by atoms with Crippen LogP contribution in [0.15, 0.2) is 59.5 Å². The molecule has 4 rings (SSSR count). The van der Waals surface area contributed by atoms with Crippen LogP contribution in [0.25, 0.3) is 16.6 Å². The third-order valence-electron chi connectivity index (χ3n) is 4.45. The summed E-state index contributed by atoms with van der Waals surface area (Å²) in [5, 5.41) is 19.7. The van der Waals surface area contributed by atoms with Gasteiger partial charge in [-0.3, -0.25) is 5.32 Å². The van der Waals surface area contributed by atoms with Crippen LogP contribution in [0, 0.1) is 0 Å². The lowest BCUT2D eigenvalue weighted by Gasteiger charge is -2.08. The Morgan fingerprint density at radius 2 is 1.97 bits per heavy atom. The van der Waals surface area contributed by atoms with Crippen molar-refractivity contribution in [3.63, 3.8) is 0 Å². The number of hydrogen-bond donors (Lipinski definition) is 4. The maximum atomic E-state index is 12.2. The number of urea groups is 1. The lowest BCUT2D eigenvalue weighted by Crippen LogP contribution is -2.20. The number of carbonyl (C=O) groups excluding carboxylic acids is 1. The van der Waals surface area contributed by atoms with E-state index in [0.717, 1.165) is 11.1 Å². The number of nitrogens with zero attached hydrogens (tertiary/aromatic N) is 4. The molecule has 2 amide bonds. The summed E-state index contributed by atoms with van der Waals surface area (Å²) >= 11 is 3.26. The number of benzene rings is 1. The zero-order valence-corrected chi connectivity index (χ0v) is 17.5. The van der Waals surface area contributed by atoms with Gasteiger partial charge in [0.05, 0.1) is 11.8 Å². The van der Waals surface area contributed by atoms with Crippen LogP contribution < -0.4 is 16.4 Å². The summed E-state index contributed by atoms with van der Waals surface area (Å²) in [5.41, 5.74) is 9.53. The van der Waals surface area contributed by atoms with E-state index in [1.807, 2.05) is 18.2 Å². The van der Waals surface area contributed by atoms with E-state index in [0.29, 0.717) is 33.1 Å². The van der Waals surface area contributed by atoms with E-state index in [1.54, 1.807) is 41.8 Å². The van der Waals surface area contributed by atoms with Gasteiger partial charge < -0.3 is 16.2 Å². The molecule has 0 aliphatic carbocycles. The van der Waals surface area contributed by atoms with Crippen LogP contribution in [0.3, 0.4) is 0 Å². The van der Waals surface area contributed by atoms with E-state index < -0.39 is 12.1 Å². The number of hydrogen-bond acceptors (Lipinski definition) is 6. The number of nitrogen functional groups attached to an aromatic ring is 1. The first kappa shape index (κ1) is 19.8. The Bertz CT molecular complexity index is 1220. The van der Waals surface area contributed by atoms with Crippen molar-refractivity contribution in [3.8, 4) is 11.1 Å². The number of nitrogens with one attached hydrogen (secondary N) is 2.